The van der Waals surface area contributed by atoms with E-state index in [9.17, 15) is 4.79 Å². The van der Waals surface area contributed by atoms with Gasteiger partial charge in [-0.25, -0.2) is 9.97 Å². The Morgan fingerprint density at radius 3 is 2.55 bits per heavy atom. The van der Waals surface area contributed by atoms with Gasteiger partial charge in [0.05, 0.1) is 16.6 Å². The molecule has 1 atom stereocenters. The average molecular weight is 454 g/mol. The molecule has 1 fully saturated rings. The Bertz CT molecular complexity index is 967. The van der Waals surface area contributed by atoms with Crippen molar-refractivity contribution in [3.63, 3.8) is 0 Å². The molecular formula is C22H20BrN3O3. The molecule has 0 bridgehead atoms. The zero-order chi connectivity index (χ0) is 20.1. The first-order chi connectivity index (χ1) is 14.2. The molecule has 6 nitrogen and oxygen atoms in total. The van der Waals surface area contributed by atoms with Gasteiger partial charge in [-0.15, -0.1) is 0 Å². The van der Waals surface area contributed by atoms with E-state index in [0.717, 1.165) is 17.3 Å². The lowest BCUT2D eigenvalue weighted by Gasteiger charge is -2.32. The summed E-state index contributed by atoms with van der Waals surface area (Å²) in [7, 11) is 0. The summed E-state index contributed by atoms with van der Waals surface area (Å²) in [6.45, 7) is 1.16. The van der Waals surface area contributed by atoms with Gasteiger partial charge in [0.2, 0.25) is 0 Å². The normalized spacial score (nSPS) is 16.3. The molecule has 1 aromatic heterocycles. The zero-order valence-corrected chi connectivity index (χ0v) is 17.3. The minimum Gasteiger partial charge on any atom is -0.458 e. The van der Waals surface area contributed by atoms with Crippen molar-refractivity contribution in [2.75, 3.05) is 13.1 Å². The fourth-order valence-corrected chi connectivity index (χ4v) is 3.45. The number of ether oxygens (including phenoxy) is 2. The van der Waals surface area contributed by atoms with Crippen molar-refractivity contribution in [1.82, 2.24) is 14.9 Å². The lowest BCUT2D eigenvalue weighted by Crippen LogP contribution is -2.44. The number of hydrogen-bond acceptors (Lipinski definition) is 5. The van der Waals surface area contributed by atoms with Gasteiger partial charge in [0, 0.05) is 18.9 Å². The predicted octanol–water partition coefficient (Wildman–Crippen LogP) is 4.72. The number of hydrogen-bond donors (Lipinski definition) is 0. The van der Waals surface area contributed by atoms with Gasteiger partial charge in [-0.3, -0.25) is 4.79 Å². The SMILES string of the molecule is O=C(c1ccccc1Oc1ccccc1)N1CCCC(Oc2ncc(Br)cn2)C1. The second-order valence-electron chi connectivity index (χ2n) is 6.73. The Kier molecular flexibility index (Phi) is 6.05. The van der Waals surface area contributed by atoms with Crippen molar-refractivity contribution >= 4 is 21.8 Å². The molecule has 4 rings (SSSR count). The number of halogens is 1. The predicted molar refractivity (Wildman–Crippen MR) is 112 cm³/mol. The molecule has 1 aliphatic rings. The van der Waals surface area contributed by atoms with Crippen molar-refractivity contribution in [2.24, 2.45) is 0 Å². The highest BCUT2D eigenvalue weighted by Crippen LogP contribution is 2.27. The summed E-state index contributed by atoms with van der Waals surface area (Å²) in [6.07, 6.45) is 4.85. The van der Waals surface area contributed by atoms with Crippen LogP contribution in [0.5, 0.6) is 17.5 Å². The van der Waals surface area contributed by atoms with Gasteiger partial charge in [0.15, 0.2) is 0 Å². The third-order valence-corrected chi connectivity index (χ3v) is 5.03. The van der Waals surface area contributed by atoms with Crippen LogP contribution in [0.15, 0.2) is 71.5 Å². The molecule has 29 heavy (non-hydrogen) atoms. The first-order valence-electron chi connectivity index (χ1n) is 9.44. The maximum atomic E-state index is 13.2. The highest BCUT2D eigenvalue weighted by atomic mass is 79.9. The Labute approximate surface area is 177 Å². The van der Waals surface area contributed by atoms with Gasteiger partial charge in [-0.1, -0.05) is 30.3 Å². The summed E-state index contributed by atoms with van der Waals surface area (Å²) >= 11 is 3.31. The highest BCUT2D eigenvalue weighted by molar-refractivity contribution is 9.10. The smallest absolute Gasteiger partial charge is 0.316 e. The minimum absolute atomic E-state index is 0.0680. The molecule has 148 valence electrons. The van der Waals surface area contributed by atoms with Crippen molar-refractivity contribution in [1.29, 1.82) is 0 Å². The summed E-state index contributed by atoms with van der Waals surface area (Å²) < 4.78 is 12.6. The number of amides is 1. The fraction of sp³-hybridized carbons (Fsp3) is 0.227. The number of benzene rings is 2. The van der Waals surface area contributed by atoms with E-state index >= 15 is 0 Å². The molecule has 2 heterocycles. The quantitative estimate of drug-likeness (QED) is 0.559. The van der Waals surface area contributed by atoms with Crippen molar-refractivity contribution in [3.05, 3.63) is 77.0 Å². The van der Waals surface area contributed by atoms with Gasteiger partial charge < -0.3 is 14.4 Å². The standard InChI is InChI=1S/C22H20BrN3O3/c23-16-13-24-22(25-14-16)29-18-9-6-12-26(15-18)21(27)19-10-4-5-11-20(19)28-17-7-2-1-3-8-17/h1-5,7-8,10-11,13-14,18H,6,9,12,15H2. The lowest BCUT2D eigenvalue weighted by molar-refractivity contribution is 0.0513. The van der Waals surface area contributed by atoms with Crippen molar-refractivity contribution in [2.45, 2.75) is 18.9 Å². The second kappa shape index (κ2) is 9.05. The molecule has 1 unspecified atom stereocenters. The number of nitrogens with zero attached hydrogens (tertiary/aromatic N) is 3. The van der Waals surface area contributed by atoms with E-state index in [1.807, 2.05) is 48.5 Å². The van der Waals surface area contributed by atoms with Crippen LogP contribution in [0.4, 0.5) is 0 Å². The zero-order valence-electron chi connectivity index (χ0n) is 15.7. The summed E-state index contributed by atoms with van der Waals surface area (Å²) in [6, 6.07) is 17.1. The molecule has 2 aromatic carbocycles. The molecule has 0 spiro atoms. The van der Waals surface area contributed by atoms with E-state index in [0.29, 0.717) is 36.2 Å². The highest BCUT2D eigenvalue weighted by Gasteiger charge is 2.27. The molecule has 1 aliphatic heterocycles. The van der Waals surface area contributed by atoms with Crippen LogP contribution < -0.4 is 9.47 Å². The number of carbonyl (C=O) groups is 1. The van der Waals surface area contributed by atoms with E-state index < -0.39 is 0 Å². The van der Waals surface area contributed by atoms with E-state index in [2.05, 4.69) is 25.9 Å². The van der Waals surface area contributed by atoms with Crippen LogP contribution >= 0.6 is 15.9 Å². The maximum absolute atomic E-state index is 13.2. The van der Waals surface area contributed by atoms with E-state index in [4.69, 9.17) is 9.47 Å². The first kappa shape index (κ1) is 19.4. The lowest BCUT2D eigenvalue weighted by atomic mass is 10.1. The van der Waals surface area contributed by atoms with Crippen LogP contribution in [-0.2, 0) is 0 Å². The Morgan fingerprint density at radius 1 is 1.03 bits per heavy atom. The number of likely N-dealkylation sites (tertiary alicyclic amines) is 1. The number of piperidine rings is 1. The van der Waals surface area contributed by atoms with Gasteiger partial charge >= 0.3 is 6.01 Å². The first-order valence-corrected chi connectivity index (χ1v) is 10.2. The molecule has 1 amide bonds. The van der Waals surface area contributed by atoms with E-state index in [1.54, 1.807) is 23.4 Å². The second-order valence-corrected chi connectivity index (χ2v) is 7.64. The Morgan fingerprint density at radius 2 is 1.76 bits per heavy atom. The maximum Gasteiger partial charge on any atom is 0.316 e. The molecule has 7 heteroatoms. The largest absolute Gasteiger partial charge is 0.458 e. The molecule has 0 aliphatic carbocycles. The fourth-order valence-electron chi connectivity index (χ4n) is 3.25. The summed E-state index contributed by atoms with van der Waals surface area (Å²) in [5.41, 5.74) is 0.539. The van der Waals surface area contributed by atoms with Crippen LogP contribution in [0, 0.1) is 0 Å². The number of carbonyl (C=O) groups excluding carboxylic acids is 1. The summed E-state index contributed by atoms with van der Waals surface area (Å²) in [5.74, 6) is 1.17. The molecule has 0 saturated carbocycles. The summed E-state index contributed by atoms with van der Waals surface area (Å²) in [5, 5.41) is 0. The molecule has 0 N–H and O–H groups in total. The average Bonchev–Trinajstić information content (AvgIpc) is 2.76. The summed E-state index contributed by atoms with van der Waals surface area (Å²) in [4.78, 5) is 23.3. The van der Waals surface area contributed by atoms with Crippen LogP contribution in [-0.4, -0.2) is 40.0 Å². The van der Waals surface area contributed by atoms with Crippen molar-refractivity contribution < 1.29 is 14.3 Å². The Hall–Kier alpha value is -2.93. The topological polar surface area (TPSA) is 64.5 Å². The van der Waals surface area contributed by atoms with E-state index in [-0.39, 0.29) is 12.0 Å². The van der Waals surface area contributed by atoms with Crippen molar-refractivity contribution in [3.8, 4) is 17.5 Å². The molecule has 0 radical (unpaired) electrons. The molecule has 3 aromatic rings. The van der Waals surface area contributed by atoms with Gasteiger partial charge in [0.1, 0.15) is 17.6 Å². The molecule has 1 saturated heterocycles. The molecular weight excluding hydrogens is 434 g/mol. The van der Waals surface area contributed by atoms with Crippen LogP contribution in [0.3, 0.4) is 0 Å². The minimum atomic E-state index is -0.143. The number of rotatable bonds is 5. The van der Waals surface area contributed by atoms with Crippen LogP contribution in [0.2, 0.25) is 0 Å². The van der Waals surface area contributed by atoms with Gasteiger partial charge in [-0.2, -0.15) is 0 Å². The van der Waals surface area contributed by atoms with Gasteiger partial charge in [0.25, 0.3) is 5.91 Å². The van der Waals surface area contributed by atoms with Crippen LogP contribution in [0.1, 0.15) is 23.2 Å². The monoisotopic (exact) mass is 453 g/mol. The third-order valence-electron chi connectivity index (χ3n) is 4.62. The van der Waals surface area contributed by atoms with E-state index in [1.165, 1.54) is 0 Å². The number of para-hydroxylation sites is 2. The van der Waals surface area contributed by atoms with Gasteiger partial charge in [-0.05, 0) is 53.0 Å². The Balaban J connectivity index is 1.47. The van der Waals surface area contributed by atoms with Crippen LogP contribution in [0.25, 0.3) is 0 Å². The third kappa shape index (κ3) is 4.92. The number of aromatic nitrogens is 2.